The molecule has 0 bridgehead atoms. The first-order valence-electron chi connectivity index (χ1n) is 9.19. The second-order valence-electron chi connectivity index (χ2n) is 6.99. The van der Waals surface area contributed by atoms with Crippen LogP contribution in [0.15, 0.2) is 24.4 Å². The third kappa shape index (κ3) is 3.99. The molecule has 2 aromatic heterocycles. The van der Waals surface area contributed by atoms with Crippen LogP contribution in [0.4, 0.5) is 5.82 Å². The van der Waals surface area contributed by atoms with E-state index in [-0.39, 0.29) is 0 Å². The molecule has 2 aliphatic rings. The van der Waals surface area contributed by atoms with Gasteiger partial charge in [-0.25, -0.2) is 4.68 Å². The summed E-state index contributed by atoms with van der Waals surface area (Å²) in [5.74, 6) is 2.52. The molecule has 2 fully saturated rings. The molecule has 7 nitrogen and oxygen atoms in total. The van der Waals surface area contributed by atoms with Gasteiger partial charge in [0.15, 0.2) is 11.6 Å². The second-order valence-corrected chi connectivity index (χ2v) is 6.99. The Morgan fingerprint density at radius 1 is 1.00 bits per heavy atom. The fraction of sp³-hybridized carbons (Fsp3) is 0.611. The molecule has 0 N–H and O–H groups in total. The average molecular weight is 342 g/mol. The van der Waals surface area contributed by atoms with Gasteiger partial charge in [0.25, 0.3) is 0 Å². The molecular weight excluding hydrogens is 316 g/mol. The molecule has 0 unspecified atom stereocenters. The Bertz CT molecular complexity index is 671. The Morgan fingerprint density at radius 2 is 1.72 bits per heavy atom. The molecule has 134 valence electrons. The quantitative estimate of drug-likeness (QED) is 0.840. The minimum absolute atomic E-state index is 0.763. The van der Waals surface area contributed by atoms with Crippen LogP contribution in [-0.2, 0) is 4.74 Å². The van der Waals surface area contributed by atoms with Gasteiger partial charge in [0.05, 0.1) is 18.9 Å². The number of anilines is 1. The smallest absolute Gasteiger partial charge is 0.175 e. The van der Waals surface area contributed by atoms with Gasteiger partial charge >= 0.3 is 0 Å². The molecule has 0 aromatic carbocycles. The first-order chi connectivity index (χ1) is 12.3. The summed E-state index contributed by atoms with van der Waals surface area (Å²) < 4.78 is 7.20. The monoisotopic (exact) mass is 342 g/mol. The van der Waals surface area contributed by atoms with Crippen molar-refractivity contribution in [2.24, 2.45) is 5.92 Å². The number of hydrogen-bond acceptors (Lipinski definition) is 6. The van der Waals surface area contributed by atoms with Crippen molar-refractivity contribution in [3.05, 3.63) is 30.1 Å². The number of rotatable bonds is 4. The SMILES string of the molecule is Cc1ccn(-c2ccc(N3CCC(CN4CCOCC4)CC3)nn2)n1. The standard InChI is InChI=1S/C18H26N6O/c1-15-4-9-24(21-15)18-3-2-17(19-20-18)23-7-5-16(6-8-23)14-22-10-12-25-13-11-22/h2-4,9,16H,5-8,10-14H2,1H3. The Labute approximate surface area is 148 Å². The number of aryl methyl sites for hydroxylation is 1. The van der Waals surface area contributed by atoms with Gasteiger partial charge in [-0.15, -0.1) is 10.2 Å². The molecule has 4 heterocycles. The van der Waals surface area contributed by atoms with Crippen LogP contribution in [0.3, 0.4) is 0 Å². The lowest BCUT2D eigenvalue weighted by Crippen LogP contribution is -2.43. The van der Waals surface area contributed by atoms with Crippen molar-refractivity contribution in [2.75, 3.05) is 50.8 Å². The first-order valence-corrected chi connectivity index (χ1v) is 9.19. The molecule has 0 amide bonds. The number of nitrogens with zero attached hydrogens (tertiary/aromatic N) is 6. The van der Waals surface area contributed by atoms with Crippen molar-refractivity contribution in [1.82, 2.24) is 24.9 Å². The van der Waals surface area contributed by atoms with Crippen LogP contribution in [-0.4, -0.2) is 70.8 Å². The van der Waals surface area contributed by atoms with Crippen molar-refractivity contribution in [1.29, 1.82) is 0 Å². The lowest BCUT2D eigenvalue weighted by molar-refractivity contribution is 0.0289. The van der Waals surface area contributed by atoms with Gasteiger partial charge in [0.2, 0.25) is 0 Å². The van der Waals surface area contributed by atoms with Crippen molar-refractivity contribution < 1.29 is 4.74 Å². The summed E-state index contributed by atoms with van der Waals surface area (Å²) in [7, 11) is 0. The number of hydrogen-bond donors (Lipinski definition) is 0. The van der Waals surface area contributed by atoms with E-state index in [1.165, 1.54) is 19.4 Å². The summed E-state index contributed by atoms with van der Waals surface area (Å²) in [6, 6.07) is 6.02. The molecule has 0 aliphatic carbocycles. The molecule has 0 radical (unpaired) electrons. The summed E-state index contributed by atoms with van der Waals surface area (Å²) in [5.41, 5.74) is 0.980. The average Bonchev–Trinajstić information content (AvgIpc) is 3.10. The topological polar surface area (TPSA) is 59.3 Å². The minimum atomic E-state index is 0.763. The Balaban J connectivity index is 1.31. The van der Waals surface area contributed by atoms with E-state index in [1.807, 2.05) is 25.3 Å². The highest BCUT2D eigenvalue weighted by Gasteiger charge is 2.23. The van der Waals surface area contributed by atoms with Crippen molar-refractivity contribution in [3.8, 4) is 5.82 Å². The number of piperidine rings is 1. The Kier molecular flexibility index (Phi) is 4.94. The highest BCUT2D eigenvalue weighted by atomic mass is 16.5. The normalized spacial score (nSPS) is 20.1. The van der Waals surface area contributed by atoms with Gasteiger partial charge in [-0.3, -0.25) is 4.90 Å². The third-order valence-corrected chi connectivity index (χ3v) is 5.15. The summed E-state index contributed by atoms with van der Waals surface area (Å²) in [4.78, 5) is 4.89. The number of morpholine rings is 1. The van der Waals surface area contributed by atoms with Gasteiger partial charge in [-0.2, -0.15) is 5.10 Å². The molecule has 2 aromatic rings. The van der Waals surface area contributed by atoms with Crippen LogP contribution in [0.1, 0.15) is 18.5 Å². The molecule has 0 spiro atoms. The fourth-order valence-electron chi connectivity index (χ4n) is 3.65. The van der Waals surface area contributed by atoms with E-state index in [0.717, 1.165) is 62.6 Å². The van der Waals surface area contributed by atoms with Crippen LogP contribution in [0.25, 0.3) is 5.82 Å². The van der Waals surface area contributed by atoms with Gasteiger partial charge in [-0.1, -0.05) is 0 Å². The van der Waals surface area contributed by atoms with E-state index in [2.05, 4.69) is 31.2 Å². The van der Waals surface area contributed by atoms with E-state index in [1.54, 1.807) is 4.68 Å². The highest BCUT2D eigenvalue weighted by molar-refractivity contribution is 5.40. The molecule has 2 saturated heterocycles. The van der Waals surface area contributed by atoms with Gasteiger partial charge in [0, 0.05) is 38.9 Å². The zero-order valence-electron chi connectivity index (χ0n) is 14.8. The molecule has 0 saturated carbocycles. The van der Waals surface area contributed by atoms with Gasteiger partial charge in [0.1, 0.15) is 0 Å². The molecular formula is C18H26N6O. The zero-order chi connectivity index (χ0) is 17.1. The summed E-state index contributed by atoms with van der Waals surface area (Å²) in [6.45, 7) is 9.24. The molecule has 25 heavy (non-hydrogen) atoms. The van der Waals surface area contributed by atoms with E-state index in [4.69, 9.17) is 4.74 Å². The maximum atomic E-state index is 5.44. The lowest BCUT2D eigenvalue weighted by Gasteiger charge is -2.36. The van der Waals surface area contributed by atoms with Crippen molar-refractivity contribution in [2.45, 2.75) is 19.8 Å². The predicted octanol–water partition coefficient (Wildman–Crippen LogP) is 1.52. The lowest BCUT2D eigenvalue weighted by atomic mass is 9.96. The fourth-order valence-corrected chi connectivity index (χ4v) is 3.65. The second kappa shape index (κ2) is 7.49. The van der Waals surface area contributed by atoms with E-state index in [0.29, 0.717) is 0 Å². The minimum Gasteiger partial charge on any atom is -0.379 e. The molecule has 4 rings (SSSR count). The van der Waals surface area contributed by atoms with Crippen LogP contribution in [0.5, 0.6) is 0 Å². The van der Waals surface area contributed by atoms with E-state index < -0.39 is 0 Å². The van der Waals surface area contributed by atoms with Crippen LogP contribution in [0, 0.1) is 12.8 Å². The zero-order valence-corrected chi connectivity index (χ0v) is 14.8. The number of ether oxygens (including phenoxy) is 1. The highest BCUT2D eigenvalue weighted by Crippen LogP contribution is 2.23. The maximum absolute atomic E-state index is 5.44. The Hall–Kier alpha value is -1.99. The largest absolute Gasteiger partial charge is 0.379 e. The van der Waals surface area contributed by atoms with E-state index in [9.17, 15) is 0 Å². The predicted molar refractivity (Wildman–Crippen MR) is 96.1 cm³/mol. The van der Waals surface area contributed by atoms with E-state index >= 15 is 0 Å². The van der Waals surface area contributed by atoms with Crippen LogP contribution in [0.2, 0.25) is 0 Å². The Morgan fingerprint density at radius 3 is 2.36 bits per heavy atom. The van der Waals surface area contributed by atoms with Crippen molar-refractivity contribution >= 4 is 5.82 Å². The van der Waals surface area contributed by atoms with Crippen LogP contribution < -0.4 is 4.90 Å². The van der Waals surface area contributed by atoms with Crippen LogP contribution >= 0.6 is 0 Å². The summed E-state index contributed by atoms with van der Waals surface area (Å²) in [5, 5.41) is 13.1. The number of aromatic nitrogens is 4. The third-order valence-electron chi connectivity index (χ3n) is 5.15. The molecule has 2 aliphatic heterocycles. The first kappa shape index (κ1) is 16.5. The van der Waals surface area contributed by atoms with Gasteiger partial charge in [-0.05, 0) is 43.9 Å². The maximum Gasteiger partial charge on any atom is 0.175 e. The molecule has 7 heteroatoms. The van der Waals surface area contributed by atoms with Gasteiger partial charge < -0.3 is 9.64 Å². The molecule has 0 atom stereocenters. The summed E-state index contributed by atoms with van der Waals surface area (Å²) in [6.07, 6.45) is 4.36. The van der Waals surface area contributed by atoms with Crippen molar-refractivity contribution in [3.63, 3.8) is 0 Å². The summed E-state index contributed by atoms with van der Waals surface area (Å²) >= 11 is 0.